The minimum Gasteiger partial charge on any atom is -0.369 e. The monoisotopic (exact) mass is 441 g/mol. The lowest BCUT2D eigenvalue weighted by Gasteiger charge is -2.13. The molecule has 0 saturated carbocycles. The number of carbonyl (C=O) groups excluding carboxylic acids is 1. The Labute approximate surface area is 192 Å². The van der Waals surface area contributed by atoms with Gasteiger partial charge in [-0.3, -0.25) is 9.59 Å². The molecule has 0 aliphatic heterocycles. The van der Waals surface area contributed by atoms with Gasteiger partial charge in [-0.05, 0) is 43.4 Å². The molecule has 0 bridgehead atoms. The molecule has 2 N–H and O–H groups in total. The summed E-state index contributed by atoms with van der Waals surface area (Å²) in [6, 6.07) is 20.7. The molecule has 4 rings (SSSR count). The fourth-order valence-electron chi connectivity index (χ4n) is 3.62. The van der Waals surface area contributed by atoms with Crippen molar-refractivity contribution in [2.75, 3.05) is 37.8 Å². The second-order valence-corrected chi connectivity index (χ2v) is 8.18. The van der Waals surface area contributed by atoms with Gasteiger partial charge in [0.25, 0.3) is 11.5 Å². The van der Waals surface area contributed by atoms with Crippen molar-refractivity contribution in [1.29, 1.82) is 0 Å². The van der Waals surface area contributed by atoms with Crippen LogP contribution in [0.3, 0.4) is 0 Å². The zero-order valence-corrected chi connectivity index (χ0v) is 19.0. The zero-order chi connectivity index (χ0) is 23.4. The van der Waals surface area contributed by atoms with Gasteiger partial charge in [0, 0.05) is 43.4 Å². The third-order valence-corrected chi connectivity index (χ3v) is 5.45. The molecule has 0 spiro atoms. The van der Waals surface area contributed by atoms with Crippen LogP contribution in [0.4, 0.5) is 11.5 Å². The summed E-state index contributed by atoms with van der Waals surface area (Å²) >= 11 is 0. The number of fused-ring (bicyclic) bond motifs is 1. The number of aromatic nitrogens is 2. The van der Waals surface area contributed by atoms with Gasteiger partial charge in [-0.25, -0.2) is 4.98 Å². The van der Waals surface area contributed by atoms with Crippen molar-refractivity contribution >= 4 is 28.3 Å². The van der Waals surface area contributed by atoms with Crippen LogP contribution in [-0.4, -0.2) is 47.5 Å². The zero-order valence-electron chi connectivity index (χ0n) is 19.0. The van der Waals surface area contributed by atoms with E-state index in [2.05, 4.69) is 20.5 Å². The van der Waals surface area contributed by atoms with E-state index in [-0.39, 0.29) is 17.2 Å². The number of anilines is 2. The summed E-state index contributed by atoms with van der Waals surface area (Å²) in [6.07, 6.45) is 1.71. The molecule has 0 fully saturated rings. The van der Waals surface area contributed by atoms with Crippen LogP contribution >= 0.6 is 0 Å². The van der Waals surface area contributed by atoms with Crippen LogP contribution in [0.1, 0.15) is 10.4 Å². The van der Waals surface area contributed by atoms with Gasteiger partial charge >= 0.3 is 0 Å². The number of hydrogen-bond acceptors (Lipinski definition) is 5. The molecular weight excluding hydrogens is 414 g/mol. The summed E-state index contributed by atoms with van der Waals surface area (Å²) in [5.41, 5.74) is 3.13. The number of nitrogens with zero attached hydrogens (tertiary/aromatic N) is 3. The van der Waals surface area contributed by atoms with Gasteiger partial charge in [0.05, 0.1) is 5.52 Å². The first kappa shape index (κ1) is 22.2. The number of amides is 1. The van der Waals surface area contributed by atoms with Crippen molar-refractivity contribution in [3.63, 3.8) is 0 Å². The van der Waals surface area contributed by atoms with Crippen LogP contribution in [0.2, 0.25) is 0 Å². The van der Waals surface area contributed by atoms with Crippen molar-refractivity contribution in [1.82, 2.24) is 14.5 Å². The first-order chi connectivity index (χ1) is 15.9. The SMILES string of the molecule is CN(C)CCNc1cc2c(cn1)cc(NC(=O)c1cccc(-c3ccccc3)c1)c(=O)n2C. The first-order valence-corrected chi connectivity index (χ1v) is 10.8. The average molecular weight is 442 g/mol. The Balaban J connectivity index is 1.58. The number of likely N-dealkylation sites (N-methyl/N-ethyl adjacent to an activating group) is 1. The summed E-state index contributed by atoms with van der Waals surface area (Å²) in [5, 5.41) is 6.81. The molecule has 7 nitrogen and oxygen atoms in total. The predicted molar refractivity (Wildman–Crippen MR) is 134 cm³/mol. The highest BCUT2D eigenvalue weighted by atomic mass is 16.2. The Morgan fingerprint density at radius 1 is 1.00 bits per heavy atom. The predicted octanol–water partition coefficient (Wildman–Crippen LogP) is 3.83. The lowest BCUT2D eigenvalue weighted by atomic mass is 10.0. The van der Waals surface area contributed by atoms with Crippen LogP contribution in [0, 0.1) is 0 Å². The number of pyridine rings is 2. The molecule has 2 heterocycles. The Kier molecular flexibility index (Phi) is 6.51. The van der Waals surface area contributed by atoms with Gasteiger partial charge < -0.3 is 20.1 Å². The van der Waals surface area contributed by atoms with Gasteiger partial charge in [-0.2, -0.15) is 0 Å². The lowest BCUT2D eigenvalue weighted by molar-refractivity contribution is 0.102. The average Bonchev–Trinajstić information content (AvgIpc) is 2.83. The third kappa shape index (κ3) is 5.10. The quantitative estimate of drug-likeness (QED) is 0.456. The van der Waals surface area contributed by atoms with E-state index in [9.17, 15) is 9.59 Å². The molecule has 0 atom stereocenters. The molecular formula is C26H27N5O2. The van der Waals surface area contributed by atoms with Gasteiger partial charge in [-0.1, -0.05) is 42.5 Å². The van der Waals surface area contributed by atoms with E-state index in [0.717, 1.165) is 35.1 Å². The lowest BCUT2D eigenvalue weighted by Crippen LogP contribution is -2.25. The van der Waals surface area contributed by atoms with Crippen molar-refractivity contribution in [2.45, 2.75) is 0 Å². The second kappa shape index (κ2) is 9.67. The summed E-state index contributed by atoms with van der Waals surface area (Å²) in [7, 11) is 5.71. The fraction of sp³-hybridized carbons (Fsp3) is 0.192. The molecule has 33 heavy (non-hydrogen) atoms. The number of rotatable bonds is 7. The van der Waals surface area contributed by atoms with E-state index in [1.165, 1.54) is 4.57 Å². The number of aryl methyl sites for hydroxylation is 1. The van der Waals surface area contributed by atoms with Crippen molar-refractivity contribution in [3.05, 3.63) is 88.8 Å². The second-order valence-electron chi connectivity index (χ2n) is 8.18. The normalized spacial score (nSPS) is 11.0. The molecule has 0 radical (unpaired) electrons. The number of hydrogen-bond donors (Lipinski definition) is 2. The Hall–Kier alpha value is -3.97. The molecule has 7 heteroatoms. The number of nitrogens with one attached hydrogen (secondary N) is 2. The topological polar surface area (TPSA) is 79.3 Å². The summed E-state index contributed by atoms with van der Waals surface area (Å²) in [6.45, 7) is 1.62. The van der Waals surface area contributed by atoms with Gasteiger partial charge in [-0.15, -0.1) is 0 Å². The summed E-state index contributed by atoms with van der Waals surface area (Å²) < 4.78 is 1.53. The van der Waals surface area contributed by atoms with Crippen LogP contribution in [0.5, 0.6) is 0 Å². The van der Waals surface area contributed by atoms with E-state index in [0.29, 0.717) is 11.4 Å². The first-order valence-electron chi connectivity index (χ1n) is 10.8. The highest BCUT2D eigenvalue weighted by Gasteiger charge is 2.13. The minimum absolute atomic E-state index is 0.218. The Morgan fingerprint density at radius 2 is 1.76 bits per heavy atom. The van der Waals surface area contributed by atoms with E-state index in [1.807, 2.05) is 68.7 Å². The van der Waals surface area contributed by atoms with Crippen molar-refractivity contribution in [3.8, 4) is 11.1 Å². The largest absolute Gasteiger partial charge is 0.369 e. The number of benzene rings is 2. The molecule has 168 valence electrons. The summed E-state index contributed by atoms with van der Waals surface area (Å²) in [5.74, 6) is 0.369. The van der Waals surface area contributed by atoms with Crippen LogP contribution < -0.4 is 16.2 Å². The van der Waals surface area contributed by atoms with Crippen molar-refractivity contribution < 1.29 is 4.79 Å². The molecule has 0 aliphatic carbocycles. The fourth-order valence-corrected chi connectivity index (χ4v) is 3.62. The smallest absolute Gasteiger partial charge is 0.274 e. The van der Waals surface area contributed by atoms with Crippen LogP contribution in [0.15, 0.2) is 77.7 Å². The molecule has 2 aromatic heterocycles. The summed E-state index contributed by atoms with van der Waals surface area (Å²) in [4.78, 5) is 32.4. The minimum atomic E-state index is -0.334. The molecule has 0 saturated heterocycles. The highest BCUT2D eigenvalue weighted by molar-refractivity contribution is 6.05. The van der Waals surface area contributed by atoms with E-state index >= 15 is 0 Å². The van der Waals surface area contributed by atoms with E-state index in [4.69, 9.17) is 0 Å². The highest BCUT2D eigenvalue weighted by Crippen LogP contribution is 2.21. The van der Waals surface area contributed by atoms with Gasteiger partial charge in [0.2, 0.25) is 0 Å². The maximum Gasteiger partial charge on any atom is 0.274 e. The van der Waals surface area contributed by atoms with Gasteiger partial charge in [0.1, 0.15) is 11.5 Å². The maximum atomic E-state index is 13.0. The van der Waals surface area contributed by atoms with Crippen LogP contribution in [-0.2, 0) is 7.05 Å². The standard InChI is InChI=1S/C26H27N5O2/c1-30(2)13-12-27-24-16-23-21(17-28-24)15-22(26(33)31(23)3)29-25(32)20-11-7-10-19(14-20)18-8-5-4-6-9-18/h4-11,14-17H,12-13H2,1-3H3,(H,27,28)(H,29,32). The van der Waals surface area contributed by atoms with Crippen molar-refractivity contribution in [2.24, 2.45) is 7.05 Å². The molecule has 1 amide bonds. The van der Waals surface area contributed by atoms with E-state index < -0.39 is 0 Å². The Morgan fingerprint density at radius 3 is 2.52 bits per heavy atom. The van der Waals surface area contributed by atoms with E-state index in [1.54, 1.807) is 25.4 Å². The number of carbonyl (C=O) groups is 1. The van der Waals surface area contributed by atoms with Crippen LogP contribution in [0.25, 0.3) is 22.0 Å². The molecule has 4 aromatic rings. The molecule has 2 aromatic carbocycles. The molecule has 0 unspecified atom stereocenters. The van der Waals surface area contributed by atoms with Gasteiger partial charge in [0.15, 0.2) is 0 Å². The maximum absolute atomic E-state index is 13.0. The Bertz CT molecular complexity index is 1350. The third-order valence-electron chi connectivity index (χ3n) is 5.45. The molecule has 0 aliphatic rings.